The number of rotatable bonds is 6. The van der Waals surface area contributed by atoms with Crippen LogP contribution in [0.25, 0.3) is 5.57 Å². The second kappa shape index (κ2) is 8.39. The van der Waals surface area contributed by atoms with Crippen molar-refractivity contribution in [2.75, 3.05) is 20.5 Å². The maximum Gasteiger partial charge on any atom is 0.123 e. The SMILES string of the molecule is [2H]C([2H])([2H])N(CC/C=C(/c1ccc(F)cc1)c1ccc(C#N)cc1CO)C([2H])([2H])[2H]. The van der Waals surface area contributed by atoms with Gasteiger partial charge in [-0.15, -0.1) is 0 Å². The van der Waals surface area contributed by atoms with Gasteiger partial charge in [-0.1, -0.05) is 24.3 Å². The predicted molar refractivity (Wildman–Crippen MR) is 93.7 cm³/mol. The minimum absolute atomic E-state index is 0.0777. The Labute approximate surface area is 150 Å². The van der Waals surface area contributed by atoms with E-state index in [1.54, 1.807) is 18.2 Å². The molecule has 0 radical (unpaired) electrons. The van der Waals surface area contributed by atoms with Crippen molar-refractivity contribution in [3.8, 4) is 6.07 Å². The molecule has 0 amide bonds. The third-order valence-corrected chi connectivity index (χ3v) is 3.55. The number of halogens is 1. The van der Waals surface area contributed by atoms with Gasteiger partial charge in [0, 0.05) is 14.8 Å². The number of hydrogen-bond donors (Lipinski definition) is 1. The molecule has 2 rings (SSSR count). The van der Waals surface area contributed by atoms with Crippen LogP contribution in [-0.2, 0) is 6.61 Å². The van der Waals surface area contributed by atoms with Crippen LogP contribution >= 0.6 is 0 Å². The van der Waals surface area contributed by atoms with Crippen molar-refractivity contribution in [3.05, 3.63) is 76.6 Å². The average Bonchev–Trinajstić information content (AvgIpc) is 2.66. The first-order valence-corrected chi connectivity index (χ1v) is 7.35. The van der Waals surface area contributed by atoms with Crippen LogP contribution in [-0.4, -0.2) is 30.5 Å². The van der Waals surface area contributed by atoms with Crippen molar-refractivity contribution in [3.63, 3.8) is 0 Å². The Hall–Kier alpha value is -2.48. The van der Waals surface area contributed by atoms with Crippen LogP contribution in [0, 0.1) is 17.1 Å². The second-order valence-corrected chi connectivity index (χ2v) is 5.21. The highest BCUT2D eigenvalue weighted by Crippen LogP contribution is 2.28. The Morgan fingerprint density at radius 2 is 2.04 bits per heavy atom. The molecule has 2 aromatic carbocycles. The molecule has 4 heteroatoms. The summed E-state index contributed by atoms with van der Waals surface area (Å²) >= 11 is 0. The van der Waals surface area contributed by atoms with Gasteiger partial charge in [0.25, 0.3) is 0 Å². The molecule has 0 saturated heterocycles. The number of nitrogens with zero attached hydrogens (tertiary/aromatic N) is 2. The molecule has 0 aliphatic rings. The summed E-state index contributed by atoms with van der Waals surface area (Å²) in [6.07, 6.45) is 1.73. The Morgan fingerprint density at radius 3 is 2.67 bits per heavy atom. The van der Waals surface area contributed by atoms with Gasteiger partial charge in [0.05, 0.1) is 18.2 Å². The average molecular weight is 330 g/mol. The summed E-state index contributed by atoms with van der Waals surface area (Å²) in [5, 5.41) is 18.8. The third-order valence-electron chi connectivity index (χ3n) is 3.55. The first-order chi connectivity index (χ1) is 14.0. The fraction of sp³-hybridized carbons (Fsp3) is 0.250. The third kappa shape index (κ3) is 4.51. The molecule has 0 aliphatic heterocycles. The van der Waals surface area contributed by atoms with Crippen LogP contribution in [0.3, 0.4) is 0 Å². The first kappa shape index (κ1) is 11.1. The molecular formula is C20H21FN2O. The Balaban J connectivity index is 2.48. The molecule has 3 nitrogen and oxygen atoms in total. The molecule has 124 valence electrons. The number of aliphatic hydroxyl groups excluding tert-OH is 1. The lowest BCUT2D eigenvalue weighted by atomic mass is 9.92. The largest absolute Gasteiger partial charge is 0.392 e. The Morgan fingerprint density at radius 1 is 1.29 bits per heavy atom. The number of aliphatic hydroxyl groups is 1. The van der Waals surface area contributed by atoms with Crippen molar-refractivity contribution in [1.29, 1.82) is 5.26 Å². The van der Waals surface area contributed by atoms with Crippen LogP contribution < -0.4 is 0 Å². The summed E-state index contributed by atoms with van der Waals surface area (Å²) in [7, 11) is 0. The molecular weight excluding hydrogens is 303 g/mol. The molecule has 24 heavy (non-hydrogen) atoms. The lowest BCUT2D eigenvalue weighted by Crippen LogP contribution is -2.12. The van der Waals surface area contributed by atoms with Gasteiger partial charge in [-0.25, -0.2) is 4.39 Å². The maximum absolute atomic E-state index is 13.4. The van der Waals surface area contributed by atoms with Gasteiger partial charge in [-0.2, -0.15) is 5.26 Å². The Bertz CT molecular complexity index is 932. The quantitative estimate of drug-likeness (QED) is 0.881. The molecule has 1 N–H and O–H groups in total. The van der Waals surface area contributed by atoms with E-state index in [4.69, 9.17) is 13.5 Å². The summed E-state index contributed by atoms with van der Waals surface area (Å²) in [6.45, 7) is -6.19. The highest BCUT2D eigenvalue weighted by Gasteiger charge is 2.11. The number of hydrogen-bond acceptors (Lipinski definition) is 3. The standard InChI is InChI=1S/C20H21FN2O/c1-23(2)11-3-4-19(16-6-8-18(21)9-7-16)20-10-5-15(13-22)12-17(20)14-24/h4-10,12,24H,3,11,14H2,1-2H3/b19-4-/i1D3,2D3. The zero-order valence-corrected chi connectivity index (χ0v) is 13.0. The Kier molecular flexibility index (Phi) is 3.90. The maximum atomic E-state index is 13.4. The van der Waals surface area contributed by atoms with Gasteiger partial charge < -0.3 is 10.0 Å². The molecule has 0 saturated carbocycles. The van der Waals surface area contributed by atoms with Crippen LogP contribution in [0.2, 0.25) is 0 Å². The van der Waals surface area contributed by atoms with Crippen molar-refractivity contribution in [2.45, 2.75) is 13.0 Å². The van der Waals surface area contributed by atoms with E-state index in [0.29, 0.717) is 32.7 Å². The second-order valence-electron chi connectivity index (χ2n) is 5.21. The summed E-state index contributed by atoms with van der Waals surface area (Å²) in [6, 6.07) is 12.3. The molecule has 0 unspecified atom stereocenters. The summed E-state index contributed by atoms with van der Waals surface area (Å²) in [5.41, 5.74) is 2.58. The molecule has 0 heterocycles. The monoisotopic (exact) mass is 330 g/mol. The lowest BCUT2D eigenvalue weighted by molar-refractivity contribution is 0.281. The molecule has 0 fully saturated rings. The highest BCUT2D eigenvalue weighted by atomic mass is 19.1. The number of nitriles is 1. The minimum Gasteiger partial charge on any atom is -0.392 e. The van der Waals surface area contributed by atoms with Gasteiger partial charge in [0.2, 0.25) is 0 Å². The van der Waals surface area contributed by atoms with Crippen molar-refractivity contribution >= 4 is 5.57 Å². The van der Waals surface area contributed by atoms with Gasteiger partial charge >= 0.3 is 0 Å². The fourth-order valence-corrected chi connectivity index (χ4v) is 2.41. The van der Waals surface area contributed by atoms with Crippen molar-refractivity contribution in [1.82, 2.24) is 4.90 Å². The normalized spacial score (nSPS) is 16.3. The molecule has 0 aromatic heterocycles. The molecule has 0 bridgehead atoms. The van der Waals surface area contributed by atoms with E-state index in [-0.39, 0.29) is 19.6 Å². The van der Waals surface area contributed by atoms with Crippen molar-refractivity contribution < 1.29 is 17.7 Å². The first-order valence-electron chi connectivity index (χ1n) is 10.4. The topological polar surface area (TPSA) is 47.3 Å². The van der Waals surface area contributed by atoms with Gasteiger partial charge in [-0.3, -0.25) is 0 Å². The van der Waals surface area contributed by atoms with Crippen LogP contribution in [0.4, 0.5) is 4.39 Å². The minimum atomic E-state index is -2.79. The van der Waals surface area contributed by atoms with E-state index < -0.39 is 19.8 Å². The zero-order chi connectivity index (χ0) is 22.5. The summed E-state index contributed by atoms with van der Waals surface area (Å²) in [4.78, 5) is 0.463. The summed E-state index contributed by atoms with van der Waals surface area (Å²) < 4.78 is 58.2. The van der Waals surface area contributed by atoms with Crippen molar-refractivity contribution in [2.24, 2.45) is 0 Å². The van der Waals surface area contributed by atoms with Gasteiger partial charge in [0.15, 0.2) is 0 Å². The summed E-state index contributed by atoms with van der Waals surface area (Å²) in [5.74, 6) is -0.434. The van der Waals surface area contributed by atoms with Crippen LogP contribution in [0.15, 0.2) is 48.5 Å². The molecule has 2 aromatic rings. The molecule has 0 spiro atoms. The van der Waals surface area contributed by atoms with E-state index in [9.17, 15) is 9.50 Å². The lowest BCUT2D eigenvalue weighted by Gasteiger charge is -2.14. The smallest absolute Gasteiger partial charge is 0.123 e. The fourth-order valence-electron chi connectivity index (χ4n) is 2.41. The molecule has 0 atom stereocenters. The number of benzene rings is 2. The predicted octanol–water partition coefficient (Wildman–Crippen LogP) is 3.57. The zero-order valence-electron chi connectivity index (χ0n) is 19.0. The van der Waals surface area contributed by atoms with E-state index in [1.165, 1.54) is 30.3 Å². The molecule has 0 aliphatic carbocycles. The van der Waals surface area contributed by atoms with Gasteiger partial charge in [0.1, 0.15) is 5.82 Å². The van der Waals surface area contributed by atoms with Gasteiger partial charge in [-0.05, 0) is 66.9 Å². The van der Waals surface area contributed by atoms with Crippen LogP contribution in [0.1, 0.15) is 36.9 Å². The van der Waals surface area contributed by atoms with E-state index in [2.05, 4.69) is 0 Å². The van der Waals surface area contributed by atoms with E-state index >= 15 is 0 Å². The van der Waals surface area contributed by atoms with E-state index in [1.807, 2.05) is 6.07 Å². The highest BCUT2D eigenvalue weighted by molar-refractivity contribution is 5.81. The van der Waals surface area contributed by atoms with Crippen LogP contribution in [0.5, 0.6) is 0 Å². The van der Waals surface area contributed by atoms with E-state index in [0.717, 1.165) is 0 Å².